The van der Waals surface area contributed by atoms with Crippen LogP contribution in [0, 0.1) is 17.7 Å². The molecule has 0 aromatic carbocycles. The second-order valence-corrected chi connectivity index (χ2v) is 5.33. The molecule has 1 aliphatic heterocycles. The molecule has 4 heteroatoms. The van der Waals surface area contributed by atoms with Gasteiger partial charge in [0, 0.05) is 24.8 Å². The highest BCUT2D eigenvalue weighted by Gasteiger charge is 2.24. The Labute approximate surface area is 108 Å². The fourth-order valence-corrected chi connectivity index (χ4v) is 2.59. The molecular weight excluding hydrogens is 231 g/mol. The Kier molecular flexibility index (Phi) is 4.17. The molecule has 1 saturated heterocycles. The molecule has 3 nitrogen and oxygen atoms in total. The lowest BCUT2D eigenvalue weighted by molar-refractivity contribution is 0.275. The Bertz CT molecular complexity index is 401. The van der Waals surface area contributed by atoms with Gasteiger partial charge < -0.3 is 10.0 Å². The van der Waals surface area contributed by atoms with Gasteiger partial charge in [-0.3, -0.25) is 0 Å². The van der Waals surface area contributed by atoms with E-state index in [-0.39, 0.29) is 12.4 Å². The Morgan fingerprint density at radius 3 is 2.67 bits per heavy atom. The summed E-state index contributed by atoms with van der Waals surface area (Å²) in [5.74, 6) is 1.44. The average molecular weight is 252 g/mol. The van der Waals surface area contributed by atoms with Crippen LogP contribution in [0.15, 0.2) is 12.3 Å². The van der Waals surface area contributed by atoms with Crippen LogP contribution in [0.1, 0.15) is 32.3 Å². The number of nitrogens with zero attached hydrogens (tertiary/aromatic N) is 2. The molecule has 0 radical (unpaired) electrons. The molecule has 1 aromatic heterocycles. The zero-order chi connectivity index (χ0) is 13.1. The summed E-state index contributed by atoms with van der Waals surface area (Å²) in [7, 11) is 0. The molecule has 1 aromatic rings. The van der Waals surface area contributed by atoms with Crippen LogP contribution in [-0.2, 0) is 6.61 Å². The lowest BCUT2D eigenvalue weighted by Gasteiger charge is -2.34. The van der Waals surface area contributed by atoms with Crippen molar-refractivity contribution in [1.82, 2.24) is 4.98 Å². The third-order valence-corrected chi connectivity index (χ3v) is 3.90. The van der Waals surface area contributed by atoms with Gasteiger partial charge in [-0.2, -0.15) is 0 Å². The molecule has 0 unspecified atom stereocenters. The summed E-state index contributed by atoms with van der Waals surface area (Å²) in [4.78, 5) is 6.11. The summed E-state index contributed by atoms with van der Waals surface area (Å²) in [6.07, 6.45) is 3.74. The maximum Gasteiger partial charge on any atom is 0.171 e. The van der Waals surface area contributed by atoms with Crippen molar-refractivity contribution in [2.75, 3.05) is 18.0 Å². The van der Waals surface area contributed by atoms with Gasteiger partial charge in [0.05, 0.1) is 6.61 Å². The number of hydrogen-bond acceptors (Lipinski definition) is 3. The van der Waals surface area contributed by atoms with Crippen molar-refractivity contribution in [2.24, 2.45) is 11.8 Å². The first kappa shape index (κ1) is 13.3. The Morgan fingerprint density at radius 2 is 2.11 bits per heavy atom. The number of halogens is 1. The maximum absolute atomic E-state index is 14.0. The summed E-state index contributed by atoms with van der Waals surface area (Å²) >= 11 is 0. The van der Waals surface area contributed by atoms with Crippen LogP contribution in [0.2, 0.25) is 0 Å². The van der Waals surface area contributed by atoms with Crippen molar-refractivity contribution in [3.05, 3.63) is 23.6 Å². The first-order valence-electron chi connectivity index (χ1n) is 6.62. The number of aliphatic hydroxyl groups excluding tert-OH is 1. The van der Waals surface area contributed by atoms with Crippen molar-refractivity contribution >= 4 is 5.82 Å². The zero-order valence-corrected chi connectivity index (χ0v) is 11.1. The molecule has 0 aliphatic carbocycles. The average Bonchev–Trinajstić information content (AvgIpc) is 2.39. The molecule has 2 heterocycles. The van der Waals surface area contributed by atoms with Gasteiger partial charge in [0.15, 0.2) is 11.6 Å². The summed E-state index contributed by atoms with van der Waals surface area (Å²) < 4.78 is 14.0. The van der Waals surface area contributed by atoms with E-state index < -0.39 is 0 Å². The monoisotopic (exact) mass is 252 g/mol. The molecule has 1 N–H and O–H groups in total. The minimum absolute atomic E-state index is 0.274. The summed E-state index contributed by atoms with van der Waals surface area (Å²) in [5.41, 5.74) is 0.325. The van der Waals surface area contributed by atoms with Crippen molar-refractivity contribution in [2.45, 2.75) is 33.3 Å². The number of rotatable bonds is 3. The standard InChI is InChI=1S/C14H21FN2O/c1-10(2)11-4-7-17(8-5-11)14-13(15)12(9-18)3-6-16-14/h3,6,10-11,18H,4-5,7-9H2,1-2H3. The van der Waals surface area contributed by atoms with E-state index in [0.29, 0.717) is 17.3 Å². The highest BCUT2D eigenvalue weighted by molar-refractivity contribution is 5.43. The first-order chi connectivity index (χ1) is 8.63. The summed E-state index contributed by atoms with van der Waals surface area (Å²) in [6.45, 7) is 5.91. The fourth-order valence-electron chi connectivity index (χ4n) is 2.59. The van der Waals surface area contributed by atoms with Crippen LogP contribution >= 0.6 is 0 Å². The number of aromatic nitrogens is 1. The molecule has 1 aliphatic rings. The van der Waals surface area contributed by atoms with E-state index in [1.165, 1.54) is 6.07 Å². The van der Waals surface area contributed by atoms with E-state index in [9.17, 15) is 4.39 Å². The van der Waals surface area contributed by atoms with Gasteiger partial charge in [-0.05, 0) is 30.7 Å². The highest BCUT2D eigenvalue weighted by Crippen LogP contribution is 2.28. The third kappa shape index (κ3) is 2.64. The zero-order valence-electron chi connectivity index (χ0n) is 11.1. The van der Waals surface area contributed by atoms with E-state index in [1.54, 1.807) is 6.20 Å². The molecule has 0 spiro atoms. The largest absolute Gasteiger partial charge is 0.392 e. The van der Waals surface area contributed by atoms with Crippen LogP contribution in [0.25, 0.3) is 0 Å². The second-order valence-electron chi connectivity index (χ2n) is 5.33. The molecule has 100 valence electrons. The number of piperidine rings is 1. The van der Waals surface area contributed by atoms with Gasteiger partial charge in [0.2, 0.25) is 0 Å². The highest BCUT2D eigenvalue weighted by atomic mass is 19.1. The smallest absolute Gasteiger partial charge is 0.171 e. The lowest BCUT2D eigenvalue weighted by Crippen LogP contribution is -2.36. The van der Waals surface area contributed by atoms with Crippen molar-refractivity contribution in [3.8, 4) is 0 Å². The predicted octanol–water partition coefficient (Wildman–Crippen LogP) is 2.59. The van der Waals surface area contributed by atoms with Gasteiger partial charge >= 0.3 is 0 Å². The fraction of sp³-hybridized carbons (Fsp3) is 0.643. The SMILES string of the molecule is CC(C)C1CCN(c2nccc(CO)c2F)CC1. The molecule has 18 heavy (non-hydrogen) atoms. The number of hydrogen-bond donors (Lipinski definition) is 1. The van der Waals surface area contributed by atoms with Crippen LogP contribution in [0.5, 0.6) is 0 Å². The van der Waals surface area contributed by atoms with Gasteiger partial charge in [0.1, 0.15) is 0 Å². The van der Waals surface area contributed by atoms with E-state index >= 15 is 0 Å². The third-order valence-electron chi connectivity index (χ3n) is 3.90. The number of aliphatic hydroxyl groups is 1. The van der Waals surface area contributed by atoms with Gasteiger partial charge in [-0.1, -0.05) is 13.8 Å². The molecule has 0 amide bonds. The molecule has 1 fully saturated rings. The van der Waals surface area contributed by atoms with Crippen LogP contribution < -0.4 is 4.90 Å². The Balaban J connectivity index is 2.10. The van der Waals surface area contributed by atoms with Crippen molar-refractivity contribution in [3.63, 3.8) is 0 Å². The predicted molar refractivity (Wildman–Crippen MR) is 69.9 cm³/mol. The molecular formula is C14H21FN2O. The van der Waals surface area contributed by atoms with Crippen molar-refractivity contribution in [1.29, 1.82) is 0 Å². The quantitative estimate of drug-likeness (QED) is 0.898. The molecule has 2 rings (SSSR count). The van der Waals surface area contributed by atoms with Gasteiger partial charge in [-0.25, -0.2) is 9.37 Å². The van der Waals surface area contributed by atoms with Crippen molar-refractivity contribution < 1.29 is 9.50 Å². The Hall–Kier alpha value is -1.16. The molecule has 0 saturated carbocycles. The van der Waals surface area contributed by atoms with E-state index in [0.717, 1.165) is 31.8 Å². The second kappa shape index (κ2) is 5.65. The molecule has 0 bridgehead atoms. The van der Waals surface area contributed by atoms with Crippen LogP contribution in [0.3, 0.4) is 0 Å². The minimum Gasteiger partial charge on any atom is -0.392 e. The van der Waals surface area contributed by atoms with E-state index in [1.807, 2.05) is 4.90 Å². The lowest BCUT2D eigenvalue weighted by atomic mass is 9.87. The van der Waals surface area contributed by atoms with Crippen LogP contribution in [0.4, 0.5) is 10.2 Å². The normalized spacial score (nSPS) is 17.5. The minimum atomic E-state index is -0.372. The maximum atomic E-state index is 14.0. The summed E-state index contributed by atoms with van der Waals surface area (Å²) in [6, 6.07) is 1.53. The van der Waals surface area contributed by atoms with Crippen LogP contribution in [-0.4, -0.2) is 23.2 Å². The molecule has 0 atom stereocenters. The summed E-state index contributed by atoms with van der Waals surface area (Å²) in [5, 5.41) is 9.07. The topological polar surface area (TPSA) is 36.4 Å². The van der Waals surface area contributed by atoms with Gasteiger partial charge in [-0.15, -0.1) is 0 Å². The first-order valence-corrected chi connectivity index (χ1v) is 6.62. The Morgan fingerprint density at radius 1 is 1.44 bits per heavy atom. The number of anilines is 1. The number of pyridine rings is 1. The van der Waals surface area contributed by atoms with E-state index in [2.05, 4.69) is 18.8 Å². The van der Waals surface area contributed by atoms with E-state index in [4.69, 9.17) is 5.11 Å². The van der Waals surface area contributed by atoms with Gasteiger partial charge in [0.25, 0.3) is 0 Å².